The number of nitrogens with one attached hydrogen (secondary N) is 3. The fraction of sp³-hybridized carbons (Fsp3) is 0.235. The second-order valence-electron chi connectivity index (χ2n) is 5.34. The number of carbonyl (C=O) groups excluding carboxylic acids is 1. The van der Waals surface area contributed by atoms with E-state index in [-0.39, 0.29) is 6.03 Å². The summed E-state index contributed by atoms with van der Waals surface area (Å²) in [5.41, 5.74) is 3.55. The van der Waals surface area contributed by atoms with Gasteiger partial charge >= 0.3 is 6.03 Å². The Morgan fingerprint density at radius 3 is 2.83 bits per heavy atom. The maximum Gasteiger partial charge on any atom is 0.315 e. The molecule has 0 saturated carbocycles. The van der Waals surface area contributed by atoms with Crippen molar-refractivity contribution in [2.75, 3.05) is 6.54 Å². The summed E-state index contributed by atoms with van der Waals surface area (Å²) in [7, 11) is 0. The summed E-state index contributed by atoms with van der Waals surface area (Å²) in [6.45, 7) is 3.16. The van der Waals surface area contributed by atoms with Crippen LogP contribution in [0.4, 0.5) is 4.79 Å². The van der Waals surface area contributed by atoms with Gasteiger partial charge in [-0.15, -0.1) is 11.3 Å². The highest BCUT2D eigenvalue weighted by Gasteiger charge is 2.08. The Bertz CT molecular complexity index is 824. The molecule has 0 radical (unpaired) electrons. The SMILES string of the molecule is Cc1[nH]c2ccccc2c1CCNC(=O)NCc1ccc(Cl)s1. The molecule has 2 amide bonds. The van der Waals surface area contributed by atoms with Gasteiger partial charge < -0.3 is 15.6 Å². The van der Waals surface area contributed by atoms with Gasteiger partial charge in [0.2, 0.25) is 0 Å². The summed E-state index contributed by atoms with van der Waals surface area (Å²) in [5.74, 6) is 0. The average Bonchev–Trinajstić information content (AvgIpc) is 3.09. The maximum atomic E-state index is 11.8. The highest BCUT2D eigenvalue weighted by atomic mass is 35.5. The van der Waals surface area contributed by atoms with Crippen LogP contribution in [0.2, 0.25) is 4.34 Å². The zero-order valence-corrected chi connectivity index (χ0v) is 14.4. The third kappa shape index (κ3) is 3.86. The molecule has 0 spiro atoms. The smallest absolute Gasteiger partial charge is 0.315 e. The first-order chi connectivity index (χ1) is 11.1. The van der Waals surface area contributed by atoms with Gasteiger partial charge in [-0.1, -0.05) is 29.8 Å². The first-order valence-corrected chi connectivity index (χ1v) is 8.65. The van der Waals surface area contributed by atoms with Crippen molar-refractivity contribution in [2.45, 2.75) is 19.9 Å². The van der Waals surface area contributed by atoms with Crippen molar-refractivity contribution in [1.29, 1.82) is 0 Å². The van der Waals surface area contributed by atoms with E-state index in [9.17, 15) is 4.79 Å². The molecule has 23 heavy (non-hydrogen) atoms. The van der Waals surface area contributed by atoms with Crippen LogP contribution < -0.4 is 10.6 Å². The number of halogens is 1. The number of benzene rings is 1. The molecule has 6 heteroatoms. The van der Waals surface area contributed by atoms with E-state index in [0.29, 0.717) is 13.1 Å². The molecule has 0 fully saturated rings. The second kappa shape index (κ2) is 7.06. The summed E-state index contributed by atoms with van der Waals surface area (Å²) >= 11 is 7.34. The Morgan fingerprint density at radius 1 is 1.22 bits per heavy atom. The van der Waals surface area contributed by atoms with Crippen molar-refractivity contribution in [3.63, 3.8) is 0 Å². The molecule has 4 nitrogen and oxygen atoms in total. The lowest BCUT2D eigenvalue weighted by molar-refractivity contribution is 0.240. The van der Waals surface area contributed by atoms with Crippen LogP contribution in [-0.2, 0) is 13.0 Å². The number of aromatic nitrogens is 1. The quantitative estimate of drug-likeness (QED) is 0.635. The molecule has 3 rings (SSSR count). The maximum absolute atomic E-state index is 11.8. The predicted octanol–water partition coefficient (Wildman–Crippen LogP) is 4.23. The van der Waals surface area contributed by atoms with Crippen LogP contribution in [0.5, 0.6) is 0 Å². The number of fused-ring (bicyclic) bond motifs is 1. The summed E-state index contributed by atoms with van der Waals surface area (Å²) in [5, 5.41) is 6.96. The number of aryl methyl sites for hydroxylation is 1. The van der Waals surface area contributed by atoms with E-state index in [0.717, 1.165) is 26.8 Å². The van der Waals surface area contributed by atoms with Crippen LogP contribution in [0.15, 0.2) is 36.4 Å². The van der Waals surface area contributed by atoms with Gasteiger partial charge in [-0.25, -0.2) is 4.79 Å². The molecule has 0 unspecified atom stereocenters. The van der Waals surface area contributed by atoms with Gasteiger partial charge in [0, 0.05) is 28.0 Å². The van der Waals surface area contributed by atoms with Crippen molar-refractivity contribution in [3.8, 4) is 0 Å². The number of hydrogen-bond acceptors (Lipinski definition) is 2. The summed E-state index contributed by atoms with van der Waals surface area (Å²) < 4.78 is 0.733. The number of H-pyrrole nitrogens is 1. The molecule has 2 aromatic heterocycles. The lowest BCUT2D eigenvalue weighted by Crippen LogP contribution is -2.36. The number of rotatable bonds is 5. The number of hydrogen-bond donors (Lipinski definition) is 3. The van der Waals surface area contributed by atoms with Crippen molar-refractivity contribution < 1.29 is 4.79 Å². The molecular weight excluding hydrogens is 330 g/mol. The number of amides is 2. The minimum absolute atomic E-state index is 0.160. The highest BCUT2D eigenvalue weighted by Crippen LogP contribution is 2.22. The van der Waals surface area contributed by atoms with Crippen LogP contribution in [0.1, 0.15) is 16.1 Å². The molecule has 3 N–H and O–H groups in total. The van der Waals surface area contributed by atoms with E-state index in [1.807, 2.05) is 24.3 Å². The zero-order chi connectivity index (χ0) is 16.2. The molecule has 120 valence electrons. The predicted molar refractivity (Wildman–Crippen MR) is 96.3 cm³/mol. The van der Waals surface area contributed by atoms with Crippen molar-refractivity contribution >= 4 is 39.9 Å². The second-order valence-corrected chi connectivity index (χ2v) is 7.14. The van der Waals surface area contributed by atoms with E-state index in [2.05, 4.69) is 34.7 Å². The van der Waals surface area contributed by atoms with Crippen LogP contribution in [0.25, 0.3) is 10.9 Å². The Labute approximate surface area is 143 Å². The van der Waals surface area contributed by atoms with E-state index in [4.69, 9.17) is 11.6 Å². The molecule has 3 aromatic rings. The normalized spacial score (nSPS) is 10.9. The van der Waals surface area contributed by atoms with Gasteiger partial charge in [0.1, 0.15) is 0 Å². The van der Waals surface area contributed by atoms with E-state index >= 15 is 0 Å². The molecule has 0 aliphatic rings. The summed E-state index contributed by atoms with van der Waals surface area (Å²) in [6.07, 6.45) is 0.800. The van der Waals surface area contributed by atoms with Gasteiger partial charge in [-0.3, -0.25) is 0 Å². The van der Waals surface area contributed by atoms with Crippen LogP contribution in [-0.4, -0.2) is 17.6 Å². The van der Waals surface area contributed by atoms with Gasteiger partial charge in [0.05, 0.1) is 10.9 Å². The monoisotopic (exact) mass is 347 g/mol. The van der Waals surface area contributed by atoms with Crippen molar-refractivity contribution in [2.24, 2.45) is 0 Å². The highest BCUT2D eigenvalue weighted by molar-refractivity contribution is 7.16. The molecule has 0 bridgehead atoms. The van der Waals surface area contributed by atoms with Gasteiger partial charge in [-0.2, -0.15) is 0 Å². The number of thiophene rings is 1. The van der Waals surface area contributed by atoms with Gasteiger partial charge in [-0.05, 0) is 37.1 Å². The molecule has 2 heterocycles. The molecule has 0 atom stereocenters. The lowest BCUT2D eigenvalue weighted by Gasteiger charge is -2.07. The summed E-state index contributed by atoms with van der Waals surface area (Å²) in [4.78, 5) is 16.3. The third-order valence-electron chi connectivity index (χ3n) is 3.74. The molecule has 1 aromatic carbocycles. The van der Waals surface area contributed by atoms with Crippen LogP contribution >= 0.6 is 22.9 Å². The van der Waals surface area contributed by atoms with Gasteiger partial charge in [0.25, 0.3) is 0 Å². The molecule has 0 saturated heterocycles. The number of para-hydroxylation sites is 1. The minimum Gasteiger partial charge on any atom is -0.358 e. The summed E-state index contributed by atoms with van der Waals surface area (Å²) in [6, 6.07) is 11.8. The molecule has 0 aliphatic heterocycles. The number of aromatic amines is 1. The van der Waals surface area contributed by atoms with E-state index in [1.54, 1.807) is 0 Å². The standard InChI is InChI=1S/C17H18ClN3OS/c1-11-13(14-4-2-3-5-15(14)21-11)8-9-19-17(22)20-10-12-6-7-16(18)23-12/h2-7,21H,8-10H2,1H3,(H2,19,20,22). The first kappa shape index (κ1) is 15.9. The van der Waals surface area contributed by atoms with E-state index < -0.39 is 0 Å². The van der Waals surface area contributed by atoms with Crippen LogP contribution in [0.3, 0.4) is 0 Å². The van der Waals surface area contributed by atoms with E-state index in [1.165, 1.54) is 22.3 Å². The minimum atomic E-state index is -0.160. The van der Waals surface area contributed by atoms with Crippen molar-refractivity contribution in [3.05, 3.63) is 56.9 Å². The largest absolute Gasteiger partial charge is 0.358 e. The Kier molecular flexibility index (Phi) is 4.88. The Morgan fingerprint density at radius 2 is 2.04 bits per heavy atom. The van der Waals surface area contributed by atoms with Crippen molar-refractivity contribution in [1.82, 2.24) is 15.6 Å². The fourth-order valence-corrected chi connectivity index (χ4v) is 3.66. The third-order valence-corrected chi connectivity index (χ3v) is 4.97. The lowest BCUT2D eigenvalue weighted by atomic mass is 10.1. The average molecular weight is 348 g/mol. The fourth-order valence-electron chi connectivity index (χ4n) is 2.63. The van der Waals surface area contributed by atoms with Gasteiger partial charge in [0.15, 0.2) is 0 Å². The van der Waals surface area contributed by atoms with Crippen LogP contribution in [0, 0.1) is 6.92 Å². The molecular formula is C17H18ClN3OS. The Hall–Kier alpha value is -1.98. The molecule has 0 aliphatic carbocycles. The topological polar surface area (TPSA) is 56.9 Å². The zero-order valence-electron chi connectivity index (χ0n) is 12.8. The first-order valence-electron chi connectivity index (χ1n) is 7.45. The Balaban J connectivity index is 1.50. The number of urea groups is 1. The number of carbonyl (C=O) groups is 1.